The van der Waals surface area contributed by atoms with Crippen molar-refractivity contribution in [3.8, 4) is 0 Å². The fourth-order valence-electron chi connectivity index (χ4n) is 2.23. The van der Waals surface area contributed by atoms with Gasteiger partial charge in [0, 0.05) is 10.4 Å². The van der Waals surface area contributed by atoms with Crippen LogP contribution in [-0.4, -0.2) is 11.7 Å². The molecule has 0 unspecified atom stereocenters. The number of nitrogens with one attached hydrogen (secondary N) is 1. The molecule has 0 atom stereocenters. The summed E-state index contributed by atoms with van der Waals surface area (Å²) in [5, 5.41) is 4.39. The maximum atomic E-state index is 12.7. The smallest absolute Gasteiger partial charge is 0.347 e. The summed E-state index contributed by atoms with van der Waals surface area (Å²) in [6.07, 6.45) is -4.50. The van der Waals surface area contributed by atoms with Gasteiger partial charge < -0.3 is 5.32 Å². The standard InChI is InChI=1S/C18H12F3NO2S2/c19-18(20,21)12-4-1-3-11(9-12)17(24)22-10-13-6-7-15(26-13)16(23)14-5-2-8-25-14/h1-9H,10H2,(H,22,24). The first-order chi connectivity index (χ1) is 12.3. The molecule has 0 bridgehead atoms. The maximum Gasteiger partial charge on any atom is 0.416 e. The molecule has 1 amide bonds. The molecule has 0 fully saturated rings. The van der Waals surface area contributed by atoms with Crippen LogP contribution in [0.4, 0.5) is 13.2 Å². The lowest BCUT2D eigenvalue weighted by atomic mass is 10.1. The van der Waals surface area contributed by atoms with Crippen molar-refractivity contribution in [1.82, 2.24) is 5.32 Å². The lowest BCUT2D eigenvalue weighted by molar-refractivity contribution is -0.137. The van der Waals surface area contributed by atoms with Gasteiger partial charge in [0.25, 0.3) is 5.91 Å². The van der Waals surface area contributed by atoms with Crippen LogP contribution < -0.4 is 5.32 Å². The Morgan fingerprint density at radius 1 is 1.00 bits per heavy atom. The second kappa shape index (κ2) is 7.43. The van der Waals surface area contributed by atoms with Crippen LogP contribution in [0, 0.1) is 0 Å². The zero-order valence-electron chi connectivity index (χ0n) is 13.2. The fraction of sp³-hybridized carbons (Fsp3) is 0.111. The Morgan fingerprint density at radius 2 is 1.81 bits per heavy atom. The van der Waals surface area contributed by atoms with Gasteiger partial charge in [0.15, 0.2) is 0 Å². The van der Waals surface area contributed by atoms with Crippen molar-refractivity contribution >= 4 is 34.4 Å². The quantitative estimate of drug-likeness (QED) is 0.619. The highest BCUT2D eigenvalue weighted by Gasteiger charge is 2.30. The fourth-order valence-corrected chi connectivity index (χ4v) is 3.87. The predicted molar refractivity (Wildman–Crippen MR) is 94.7 cm³/mol. The Morgan fingerprint density at radius 3 is 2.50 bits per heavy atom. The molecule has 3 aromatic rings. The number of hydrogen-bond donors (Lipinski definition) is 1. The lowest BCUT2D eigenvalue weighted by Crippen LogP contribution is -2.22. The number of rotatable bonds is 5. The summed E-state index contributed by atoms with van der Waals surface area (Å²) in [5.74, 6) is -0.684. The molecular formula is C18H12F3NO2S2. The average molecular weight is 395 g/mol. The van der Waals surface area contributed by atoms with Crippen molar-refractivity contribution in [3.05, 3.63) is 79.7 Å². The van der Waals surface area contributed by atoms with Gasteiger partial charge in [-0.1, -0.05) is 12.1 Å². The molecule has 1 N–H and O–H groups in total. The van der Waals surface area contributed by atoms with Crippen LogP contribution in [0.15, 0.2) is 53.9 Å². The molecule has 0 radical (unpaired) electrons. The Balaban J connectivity index is 1.65. The molecule has 0 saturated carbocycles. The molecule has 26 heavy (non-hydrogen) atoms. The van der Waals surface area contributed by atoms with Crippen LogP contribution in [0.3, 0.4) is 0 Å². The molecule has 8 heteroatoms. The second-order valence-corrected chi connectivity index (χ2v) is 7.45. The van der Waals surface area contributed by atoms with Crippen molar-refractivity contribution in [1.29, 1.82) is 0 Å². The van der Waals surface area contributed by atoms with E-state index in [4.69, 9.17) is 0 Å². The molecule has 2 heterocycles. The van der Waals surface area contributed by atoms with E-state index >= 15 is 0 Å². The van der Waals surface area contributed by atoms with E-state index in [9.17, 15) is 22.8 Å². The van der Waals surface area contributed by atoms with Gasteiger partial charge in [0.1, 0.15) is 0 Å². The Labute approximate surface area is 155 Å². The van der Waals surface area contributed by atoms with Gasteiger partial charge in [-0.05, 0) is 41.8 Å². The SMILES string of the molecule is O=C(NCc1ccc(C(=O)c2cccs2)s1)c1cccc(C(F)(F)F)c1. The van der Waals surface area contributed by atoms with Gasteiger partial charge in [-0.15, -0.1) is 22.7 Å². The van der Waals surface area contributed by atoms with Crippen molar-refractivity contribution < 1.29 is 22.8 Å². The predicted octanol–water partition coefficient (Wildman–Crippen LogP) is 4.99. The summed E-state index contributed by atoms with van der Waals surface area (Å²) in [6.45, 7) is 0.136. The molecule has 134 valence electrons. The molecule has 0 aliphatic rings. The molecule has 3 nitrogen and oxygen atoms in total. The number of carbonyl (C=O) groups excluding carboxylic acids is 2. The zero-order valence-corrected chi connectivity index (χ0v) is 14.8. The van der Waals surface area contributed by atoms with Gasteiger partial charge in [-0.25, -0.2) is 0 Å². The van der Waals surface area contributed by atoms with Gasteiger partial charge in [-0.3, -0.25) is 9.59 Å². The number of halogens is 3. The van der Waals surface area contributed by atoms with Crippen molar-refractivity contribution in [2.45, 2.75) is 12.7 Å². The van der Waals surface area contributed by atoms with Crippen molar-refractivity contribution in [3.63, 3.8) is 0 Å². The summed E-state index contributed by atoms with van der Waals surface area (Å²) >= 11 is 2.60. The van der Waals surface area contributed by atoms with Crippen LogP contribution in [0.1, 0.15) is 35.3 Å². The van der Waals surface area contributed by atoms with Crippen molar-refractivity contribution in [2.75, 3.05) is 0 Å². The lowest BCUT2D eigenvalue weighted by Gasteiger charge is -2.08. The van der Waals surface area contributed by atoms with Crippen LogP contribution in [-0.2, 0) is 12.7 Å². The Kier molecular flexibility index (Phi) is 5.24. The number of alkyl halides is 3. The van der Waals surface area contributed by atoms with E-state index in [0.29, 0.717) is 9.75 Å². The van der Waals surface area contributed by atoms with E-state index in [2.05, 4.69) is 5.32 Å². The minimum atomic E-state index is -4.50. The first kappa shape index (κ1) is 18.3. The van der Waals surface area contributed by atoms with E-state index in [1.807, 2.05) is 5.38 Å². The van der Waals surface area contributed by atoms with Gasteiger partial charge in [0.2, 0.25) is 5.78 Å². The first-order valence-electron chi connectivity index (χ1n) is 7.47. The monoisotopic (exact) mass is 395 g/mol. The second-order valence-electron chi connectivity index (χ2n) is 5.33. The van der Waals surface area contributed by atoms with E-state index in [-0.39, 0.29) is 17.9 Å². The summed E-state index contributed by atoms with van der Waals surface area (Å²) in [5.41, 5.74) is -0.934. The van der Waals surface area contributed by atoms with E-state index in [1.165, 1.54) is 34.8 Å². The Bertz CT molecular complexity index is 930. The molecule has 0 aliphatic heterocycles. The number of thiophene rings is 2. The summed E-state index contributed by atoms with van der Waals surface area (Å²) in [6, 6.07) is 11.2. The Hall–Kier alpha value is -2.45. The molecule has 0 aliphatic carbocycles. The topological polar surface area (TPSA) is 46.2 Å². The number of ketones is 1. The van der Waals surface area contributed by atoms with Gasteiger partial charge in [0.05, 0.1) is 21.9 Å². The van der Waals surface area contributed by atoms with E-state index in [0.717, 1.165) is 17.0 Å². The molecule has 3 rings (SSSR count). The van der Waals surface area contributed by atoms with Crippen LogP contribution in [0.25, 0.3) is 0 Å². The number of benzene rings is 1. The largest absolute Gasteiger partial charge is 0.416 e. The molecule has 0 spiro atoms. The minimum absolute atomic E-state index is 0.0636. The molecular weight excluding hydrogens is 383 g/mol. The highest BCUT2D eigenvalue weighted by atomic mass is 32.1. The maximum absolute atomic E-state index is 12.7. The third kappa shape index (κ3) is 4.20. The van der Waals surface area contributed by atoms with Crippen LogP contribution >= 0.6 is 22.7 Å². The number of amides is 1. The molecule has 2 aromatic heterocycles. The summed E-state index contributed by atoms with van der Waals surface area (Å²) < 4.78 is 38.1. The summed E-state index contributed by atoms with van der Waals surface area (Å²) in [4.78, 5) is 26.2. The minimum Gasteiger partial charge on any atom is -0.347 e. The highest BCUT2D eigenvalue weighted by molar-refractivity contribution is 7.16. The summed E-state index contributed by atoms with van der Waals surface area (Å²) in [7, 11) is 0. The third-order valence-electron chi connectivity index (χ3n) is 3.51. The number of carbonyl (C=O) groups is 2. The molecule has 0 saturated heterocycles. The van der Waals surface area contributed by atoms with Crippen LogP contribution in [0.5, 0.6) is 0 Å². The normalized spacial score (nSPS) is 11.3. The van der Waals surface area contributed by atoms with E-state index < -0.39 is 17.6 Å². The van der Waals surface area contributed by atoms with Gasteiger partial charge >= 0.3 is 6.18 Å². The average Bonchev–Trinajstić information content (AvgIpc) is 3.30. The van der Waals surface area contributed by atoms with Crippen molar-refractivity contribution in [2.24, 2.45) is 0 Å². The molecule has 1 aromatic carbocycles. The van der Waals surface area contributed by atoms with Crippen LogP contribution in [0.2, 0.25) is 0 Å². The number of hydrogen-bond acceptors (Lipinski definition) is 4. The van der Waals surface area contributed by atoms with Gasteiger partial charge in [-0.2, -0.15) is 13.2 Å². The zero-order chi connectivity index (χ0) is 18.7. The first-order valence-corrected chi connectivity index (χ1v) is 9.16. The van der Waals surface area contributed by atoms with E-state index in [1.54, 1.807) is 24.3 Å². The third-order valence-corrected chi connectivity index (χ3v) is 5.46. The highest BCUT2D eigenvalue weighted by Crippen LogP contribution is 2.29.